The van der Waals surface area contributed by atoms with Crippen LogP contribution in [-0.4, -0.2) is 19.5 Å². The van der Waals surface area contributed by atoms with Crippen LogP contribution in [0.3, 0.4) is 0 Å². The second kappa shape index (κ2) is 3.11. The summed E-state index contributed by atoms with van der Waals surface area (Å²) in [6.45, 7) is 0. The summed E-state index contributed by atoms with van der Waals surface area (Å²) >= 11 is 4.38. The number of hydrogen-bond acceptors (Lipinski definition) is 3. The average molecular weight is 153 g/mol. The van der Waals surface area contributed by atoms with Crippen LogP contribution in [0.4, 0.5) is 0 Å². The summed E-state index contributed by atoms with van der Waals surface area (Å²) in [6.07, 6.45) is 0.355. The van der Waals surface area contributed by atoms with Gasteiger partial charge in [0.25, 0.3) is 0 Å². The van der Waals surface area contributed by atoms with Crippen LogP contribution in [-0.2, 0) is 10.0 Å². The van der Waals surface area contributed by atoms with Crippen LogP contribution < -0.4 is 5.14 Å². The molecule has 0 amide bonds. The van der Waals surface area contributed by atoms with E-state index < -0.39 is 10.0 Å². The van der Waals surface area contributed by atoms with Gasteiger partial charge in [0.15, 0.2) is 0 Å². The molecule has 0 aromatic carbocycles. The van der Waals surface area contributed by atoms with Gasteiger partial charge in [0.05, 0.1) is 5.75 Å². The van der Waals surface area contributed by atoms with Crippen LogP contribution in [0.5, 0.6) is 0 Å². The van der Waals surface area contributed by atoms with E-state index in [9.17, 15) is 8.42 Å². The number of nitrogens with two attached hydrogens (primary N) is 1. The van der Waals surface area contributed by atoms with E-state index in [1.54, 1.807) is 0 Å². The molecule has 0 aliphatic heterocycles. The molecule has 8 heavy (non-hydrogen) atoms. The van der Waals surface area contributed by atoms with Gasteiger partial charge in [0, 0.05) is 0 Å². The monoisotopic (exact) mass is 153 g/mol. The summed E-state index contributed by atoms with van der Waals surface area (Å²) in [4.78, 5) is 0. The lowest BCUT2D eigenvalue weighted by atomic mass is 10.6. The van der Waals surface area contributed by atoms with Crippen LogP contribution in [0.2, 0.25) is 0 Å². The molecule has 5 heteroatoms. The van der Waals surface area contributed by atoms with Gasteiger partial charge in [-0.05, 0) is 11.8 Å². The molecule has 0 saturated heterocycles. The fourth-order valence-electron chi connectivity index (χ4n) is 0.212. The first-order valence-electron chi connectivity index (χ1n) is 2.00. The molecule has 0 unspecified atom stereocenters. The minimum absolute atomic E-state index is 0.0451. The maximum absolute atomic E-state index is 10.1. The second-order valence-corrected chi connectivity index (χ2v) is 3.39. The van der Waals surface area contributed by atoms with E-state index in [4.69, 9.17) is 0 Å². The van der Waals surface area contributed by atoms with Crippen molar-refractivity contribution in [2.75, 3.05) is 5.75 Å². The summed E-state index contributed by atoms with van der Waals surface area (Å²) in [6, 6.07) is 0. The van der Waals surface area contributed by atoms with Gasteiger partial charge in [0.1, 0.15) is 0 Å². The van der Waals surface area contributed by atoms with E-state index in [1.807, 2.05) is 0 Å². The highest BCUT2D eigenvalue weighted by Crippen LogP contribution is 1.80. The molecule has 48 valence electrons. The van der Waals surface area contributed by atoms with Crippen LogP contribution in [0.25, 0.3) is 0 Å². The molecule has 2 N–H and O–H groups in total. The molecule has 0 bridgehead atoms. The first kappa shape index (κ1) is 8.00. The average Bonchev–Trinajstić information content (AvgIpc) is 1.59. The Morgan fingerprint density at radius 2 is 2.12 bits per heavy atom. The van der Waals surface area contributed by atoms with E-state index in [1.165, 1.54) is 5.37 Å². The molecule has 0 atom stereocenters. The Morgan fingerprint density at radius 1 is 1.62 bits per heavy atom. The number of rotatable bonds is 3. The number of thiocarbonyl (C=S) groups is 1. The fraction of sp³-hybridized carbons (Fsp3) is 0.667. The molecule has 0 fully saturated rings. The molecule has 3 nitrogen and oxygen atoms in total. The molecule has 0 heterocycles. The molecule has 0 aromatic rings. The van der Waals surface area contributed by atoms with Crippen molar-refractivity contribution in [1.82, 2.24) is 0 Å². The highest BCUT2D eigenvalue weighted by Gasteiger charge is 1.97. The quantitative estimate of drug-likeness (QED) is 0.564. The maximum atomic E-state index is 10.1. The van der Waals surface area contributed by atoms with Crippen LogP contribution in [0.1, 0.15) is 6.42 Å². The molecule has 0 radical (unpaired) electrons. The van der Waals surface area contributed by atoms with Gasteiger partial charge in [-0.25, -0.2) is 13.6 Å². The SMILES string of the molecule is NS(=O)(=O)CCC=S. The zero-order valence-corrected chi connectivity index (χ0v) is 5.83. The first-order valence-corrected chi connectivity index (χ1v) is 4.19. The van der Waals surface area contributed by atoms with Crippen molar-refractivity contribution in [3.63, 3.8) is 0 Å². The van der Waals surface area contributed by atoms with Gasteiger partial charge in [-0.1, -0.05) is 12.2 Å². The van der Waals surface area contributed by atoms with Crippen molar-refractivity contribution in [3.05, 3.63) is 0 Å². The normalized spacial score (nSPS) is 11.1. The van der Waals surface area contributed by atoms with E-state index in [-0.39, 0.29) is 5.75 Å². The largest absolute Gasteiger partial charge is 0.229 e. The summed E-state index contributed by atoms with van der Waals surface area (Å²) in [5.74, 6) is -0.0451. The van der Waals surface area contributed by atoms with Crippen molar-refractivity contribution >= 4 is 27.6 Å². The Hall–Kier alpha value is -0.0000000000000000278. The molecular weight excluding hydrogens is 146 g/mol. The molecule has 0 aromatic heterocycles. The number of hydrogen-bond donors (Lipinski definition) is 1. The summed E-state index contributed by atoms with van der Waals surface area (Å²) in [5, 5.41) is 5.98. The van der Waals surface area contributed by atoms with Crippen LogP contribution in [0, 0.1) is 0 Å². The number of sulfonamides is 1. The molecule has 0 saturated carbocycles. The number of primary sulfonamides is 1. The first-order chi connectivity index (χ1) is 3.56. The Labute approximate surface area is 53.9 Å². The van der Waals surface area contributed by atoms with Gasteiger partial charge >= 0.3 is 0 Å². The summed E-state index contributed by atoms with van der Waals surface area (Å²) < 4.78 is 20.2. The highest BCUT2D eigenvalue weighted by atomic mass is 32.2. The Kier molecular flexibility index (Phi) is 3.11. The van der Waals surface area contributed by atoms with Gasteiger partial charge in [-0.2, -0.15) is 0 Å². The van der Waals surface area contributed by atoms with Gasteiger partial charge in [-0.3, -0.25) is 0 Å². The van der Waals surface area contributed by atoms with Crippen molar-refractivity contribution < 1.29 is 8.42 Å². The lowest BCUT2D eigenvalue weighted by molar-refractivity contribution is 0.598. The van der Waals surface area contributed by atoms with E-state index in [0.29, 0.717) is 6.42 Å². The van der Waals surface area contributed by atoms with Gasteiger partial charge in [-0.15, -0.1) is 0 Å². The van der Waals surface area contributed by atoms with E-state index in [0.717, 1.165) is 0 Å². The van der Waals surface area contributed by atoms with Crippen LogP contribution in [0.15, 0.2) is 0 Å². The predicted molar refractivity (Wildman–Crippen MR) is 36.2 cm³/mol. The van der Waals surface area contributed by atoms with Crippen LogP contribution >= 0.6 is 12.2 Å². The topological polar surface area (TPSA) is 60.2 Å². The summed E-state index contributed by atoms with van der Waals surface area (Å²) in [5.41, 5.74) is 0. The van der Waals surface area contributed by atoms with Crippen molar-refractivity contribution in [2.45, 2.75) is 6.42 Å². The predicted octanol–water partition coefficient (Wildman–Crippen LogP) is -0.335. The van der Waals surface area contributed by atoms with E-state index >= 15 is 0 Å². The Bertz CT molecular complexity index is 160. The van der Waals surface area contributed by atoms with Gasteiger partial charge in [0.2, 0.25) is 10.0 Å². The molecule has 0 aliphatic rings. The van der Waals surface area contributed by atoms with Gasteiger partial charge < -0.3 is 0 Å². The smallest absolute Gasteiger partial charge is 0.209 e. The van der Waals surface area contributed by atoms with Crippen molar-refractivity contribution in [2.24, 2.45) is 5.14 Å². The third-order valence-electron chi connectivity index (χ3n) is 0.520. The minimum Gasteiger partial charge on any atom is -0.229 e. The van der Waals surface area contributed by atoms with Crippen molar-refractivity contribution in [1.29, 1.82) is 0 Å². The second-order valence-electron chi connectivity index (χ2n) is 1.32. The standard InChI is InChI=1S/C3H7NO2S2/c4-8(5,6)3-1-2-7/h2H,1,3H2,(H2,4,5,6). The third kappa shape index (κ3) is 6.00. The molecular formula is C3H7NO2S2. The highest BCUT2D eigenvalue weighted by molar-refractivity contribution is 7.89. The molecule has 0 spiro atoms. The zero-order chi connectivity index (χ0) is 6.62. The minimum atomic E-state index is -3.28. The third-order valence-corrected chi connectivity index (χ3v) is 1.56. The summed E-state index contributed by atoms with van der Waals surface area (Å²) in [7, 11) is -3.28. The Balaban J connectivity index is 3.57. The Morgan fingerprint density at radius 3 is 2.25 bits per heavy atom. The zero-order valence-electron chi connectivity index (χ0n) is 4.20. The van der Waals surface area contributed by atoms with Crippen molar-refractivity contribution in [3.8, 4) is 0 Å². The lowest BCUT2D eigenvalue weighted by Crippen LogP contribution is -2.16. The molecule has 0 aliphatic carbocycles. The maximum Gasteiger partial charge on any atom is 0.209 e. The van der Waals surface area contributed by atoms with E-state index in [2.05, 4.69) is 17.4 Å². The fourth-order valence-corrected chi connectivity index (χ4v) is 0.926. The molecule has 0 rings (SSSR count). The lowest BCUT2D eigenvalue weighted by Gasteiger charge is -1.88.